The first kappa shape index (κ1) is 20.1. The summed E-state index contributed by atoms with van der Waals surface area (Å²) < 4.78 is 1.98. The van der Waals surface area contributed by atoms with E-state index in [9.17, 15) is 0 Å². The lowest BCUT2D eigenvalue weighted by Crippen LogP contribution is -2.44. The highest BCUT2D eigenvalue weighted by Gasteiger charge is 2.24. The molecule has 2 aromatic carbocycles. The minimum Gasteiger partial charge on any atom is -0.355 e. The van der Waals surface area contributed by atoms with E-state index in [1.165, 1.54) is 18.4 Å². The van der Waals surface area contributed by atoms with Crippen LogP contribution in [0.1, 0.15) is 24.2 Å². The van der Waals surface area contributed by atoms with Crippen LogP contribution in [0.4, 0.5) is 0 Å². The summed E-state index contributed by atoms with van der Waals surface area (Å²) in [6.45, 7) is 3.57. The molecule has 0 aliphatic carbocycles. The molecule has 1 fully saturated rings. The number of rotatable bonds is 7. The molecule has 1 unspecified atom stereocenters. The number of likely N-dealkylation sites (tertiary alicyclic amines) is 1. The van der Waals surface area contributed by atoms with Crippen LogP contribution >= 0.6 is 0 Å². The normalized spacial score (nSPS) is 17.2. The van der Waals surface area contributed by atoms with Crippen LogP contribution in [0.2, 0.25) is 0 Å². The zero-order chi connectivity index (χ0) is 20.6. The van der Waals surface area contributed by atoms with Gasteiger partial charge in [0.2, 0.25) is 0 Å². The Kier molecular flexibility index (Phi) is 6.72. The van der Waals surface area contributed by atoms with Gasteiger partial charge in [0.25, 0.3) is 0 Å². The van der Waals surface area contributed by atoms with Gasteiger partial charge in [-0.05, 0) is 37.1 Å². The number of para-hydroxylation sites is 1. The van der Waals surface area contributed by atoms with Crippen LogP contribution < -0.4 is 10.6 Å². The summed E-state index contributed by atoms with van der Waals surface area (Å²) in [5, 5.41) is 15.2. The highest BCUT2D eigenvalue weighted by atomic mass is 15.3. The standard InChI is InChI=1S/C23H29N7/c1-24-23(26-16-22-28-27-18-30(22)20-11-6-3-7-12-20)25-15-21-13-8-14-29(21)17-19-9-4-2-5-10-19/h2-7,9-12,18,21H,8,13-17H2,1H3,(H2,24,25,26). The topological polar surface area (TPSA) is 70.4 Å². The summed E-state index contributed by atoms with van der Waals surface area (Å²) in [5.74, 6) is 1.62. The van der Waals surface area contributed by atoms with Gasteiger partial charge in [-0.15, -0.1) is 10.2 Å². The number of hydrogen-bond donors (Lipinski definition) is 2. The zero-order valence-corrected chi connectivity index (χ0v) is 17.4. The Bertz CT molecular complexity index is 936. The SMILES string of the molecule is CN=C(NCc1nncn1-c1ccccc1)NCC1CCCN1Cc1ccccc1. The molecule has 0 amide bonds. The predicted molar refractivity (Wildman–Crippen MR) is 119 cm³/mol. The maximum Gasteiger partial charge on any atom is 0.191 e. The van der Waals surface area contributed by atoms with Gasteiger partial charge in [-0.25, -0.2) is 0 Å². The van der Waals surface area contributed by atoms with Gasteiger partial charge >= 0.3 is 0 Å². The third-order valence-corrected chi connectivity index (χ3v) is 5.52. The molecule has 1 atom stereocenters. The van der Waals surface area contributed by atoms with E-state index < -0.39 is 0 Å². The summed E-state index contributed by atoms with van der Waals surface area (Å²) in [5.41, 5.74) is 2.41. The van der Waals surface area contributed by atoms with Gasteiger partial charge in [0.1, 0.15) is 6.33 Å². The van der Waals surface area contributed by atoms with Crippen molar-refractivity contribution in [2.45, 2.75) is 32.0 Å². The zero-order valence-electron chi connectivity index (χ0n) is 17.4. The van der Waals surface area contributed by atoms with E-state index in [0.717, 1.165) is 37.1 Å². The fraction of sp³-hybridized carbons (Fsp3) is 0.348. The van der Waals surface area contributed by atoms with Crippen LogP contribution in [0, 0.1) is 0 Å². The van der Waals surface area contributed by atoms with Crippen molar-refractivity contribution in [2.24, 2.45) is 4.99 Å². The van der Waals surface area contributed by atoms with Gasteiger partial charge in [-0.3, -0.25) is 14.5 Å². The van der Waals surface area contributed by atoms with Crippen LogP contribution in [0.5, 0.6) is 0 Å². The third kappa shape index (κ3) is 5.04. The molecule has 156 valence electrons. The Morgan fingerprint density at radius 1 is 1.07 bits per heavy atom. The lowest BCUT2D eigenvalue weighted by molar-refractivity contribution is 0.245. The monoisotopic (exact) mass is 403 g/mol. The number of nitrogens with zero attached hydrogens (tertiary/aromatic N) is 5. The van der Waals surface area contributed by atoms with E-state index in [2.05, 4.69) is 61.1 Å². The number of nitrogens with one attached hydrogen (secondary N) is 2. The van der Waals surface area contributed by atoms with Crippen LogP contribution in [0.3, 0.4) is 0 Å². The molecule has 7 heteroatoms. The van der Waals surface area contributed by atoms with Crippen LogP contribution in [0.15, 0.2) is 72.0 Å². The number of hydrogen-bond acceptors (Lipinski definition) is 4. The van der Waals surface area contributed by atoms with Gasteiger partial charge in [-0.1, -0.05) is 48.5 Å². The minimum absolute atomic E-state index is 0.511. The van der Waals surface area contributed by atoms with E-state index in [0.29, 0.717) is 12.6 Å². The van der Waals surface area contributed by atoms with E-state index in [-0.39, 0.29) is 0 Å². The maximum atomic E-state index is 4.38. The van der Waals surface area contributed by atoms with Crippen molar-refractivity contribution in [1.29, 1.82) is 0 Å². The van der Waals surface area contributed by atoms with Crippen molar-refractivity contribution >= 4 is 5.96 Å². The number of benzene rings is 2. The molecule has 1 aromatic heterocycles. The molecular weight excluding hydrogens is 374 g/mol. The summed E-state index contributed by atoms with van der Waals surface area (Å²) in [6.07, 6.45) is 4.19. The summed E-state index contributed by atoms with van der Waals surface area (Å²) in [7, 11) is 1.80. The molecule has 1 aliphatic heterocycles. The molecule has 1 aliphatic rings. The van der Waals surface area contributed by atoms with Gasteiger partial charge in [0.15, 0.2) is 11.8 Å². The highest BCUT2D eigenvalue weighted by molar-refractivity contribution is 5.79. The second kappa shape index (κ2) is 10.0. The summed E-state index contributed by atoms with van der Waals surface area (Å²) in [4.78, 5) is 6.94. The molecule has 2 heterocycles. The number of guanidine groups is 1. The van der Waals surface area contributed by atoms with Crippen LogP contribution in [-0.4, -0.2) is 51.8 Å². The predicted octanol–water partition coefficient (Wildman–Crippen LogP) is 2.60. The summed E-state index contributed by atoms with van der Waals surface area (Å²) >= 11 is 0. The maximum absolute atomic E-state index is 4.38. The van der Waals surface area contributed by atoms with Gasteiger partial charge in [-0.2, -0.15) is 0 Å². The molecule has 0 spiro atoms. The van der Waals surface area contributed by atoms with E-state index >= 15 is 0 Å². The Labute approximate surface area is 177 Å². The third-order valence-electron chi connectivity index (χ3n) is 5.52. The molecule has 2 N–H and O–H groups in total. The van der Waals surface area contributed by atoms with Crippen molar-refractivity contribution < 1.29 is 0 Å². The van der Waals surface area contributed by atoms with E-state index in [1.807, 2.05) is 34.9 Å². The quantitative estimate of drug-likeness (QED) is 0.469. The molecule has 7 nitrogen and oxygen atoms in total. The number of aromatic nitrogens is 3. The molecule has 4 rings (SSSR count). The fourth-order valence-electron chi connectivity index (χ4n) is 3.93. The van der Waals surface area contributed by atoms with Crippen molar-refractivity contribution in [2.75, 3.05) is 20.1 Å². The van der Waals surface area contributed by atoms with E-state index in [1.54, 1.807) is 13.4 Å². The van der Waals surface area contributed by atoms with Gasteiger partial charge in [0.05, 0.1) is 6.54 Å². The molecule has 30 heavy (non-hydrogen) atoms. The fourth-order valence-corrected chi connectivity index (χ4v) is 3.93. The van der Waals surface area contributed by atoms with Gasteiger partial charge in [0, 0.05) is 31.9 Å². The van der Waals surface area contributed by atoms with Crippen molar-refractivity contribution in [1.82, 2.24) is 30.3 Å². The summed E-state index contributed by atoms with van der Waals surface area (Å²) in [6, 6.07) is 21.3. The lowest BCUT2D eigenvalue weighted by atomic mass is 10.2. The molecular formula is C23H29N7. The van der Waals surface area contributed by atoms with Crippen molar-refractivity contribution in [3.8, 4) is 5.69 Å². The smallest absolute Gasteiger partial charge is 0.191 e. The van der Waals surface area contributed by atoms with Crippen molar-refractivity contribution in [3.05, 3.63) is 78.4 Å². The molecule has 1 saturated heterocycles. The molecule has 3 aromatic rings. The Hall–Kier alpha value is -3.19. The Balaban J connectivity index is 1.30. The van der Waals surface area contributed by atoms with Crippen LogP contribution in [-0.2, 0) is 13.1 Å². The van der Waals surface area contributed by atoms with Gasteiger partial charge < -0.3 is 10.6 Å². The first-order chi connectivity index (χ1) is 14.8. The highest BCUT2D eigenvalue weighted by Crippen LogP contribution is 2.19. The second-order valence-corrected chi connectivity index (χ2v) is 7.51. The molecule has 0 saturated carbocycles. The van der Waals surface area contributed by atoms with Crippen molar-refractivity contribution in [3.63, 3.8) is 0 Å². The number of aliphatic imine (C=N–C) groups is 1. The average molecular weight is 404 g/mol. The Morgan fingerprint density at radius 2 is 1.83 bits per heavy atom. The lowest BCUT2D eigenvalue weighted by Gasteiger charge is -2.25. The minimum atomic E-state index is 0.511. The first-order valence-corrected chi connectivity index (χ1v) is 10.5. The average Bonchev–Trinajstić information content (AvgIpc) is 3.45. The van der Waals surface area contributed by atoms with E-state index in [4.69, 9.17) is 0 Å². The second-order valence-electron chi connectivity index (χ2n) is 7.51. The Morgan fingerprint density at radius 3 is 2.60 bits per heavy atom. The van der Waals surface area contributed by atoms with Crippen LogP contribution in [0.25, 0.3) is 5.69 Å². The molecule has 0 bridgehead atoms. The first-order valence-electron chi connectivity index (χ1n) is 10.5. The molecule has 0 radical (unpaired) electrons. The largest absolute Gasteiger partial charge is 0.355 e.